The highest BCUT2D eigenvalue weighted by Gasteiger charge is 2.23. The van der Waals surface area contributed by atoms with Gasteiger partial charge in [0.15, 0.2) is 0 Å². The van der Waals surface area contributed by atoms with Crippen LogP contribution in [0.4, 0.5) is 0 Å². The van der Waals surface area contributed by atoms with E-state index in [4.69, 9.17) is 0 Å². The van der Waals surface area contributed by atoms with E-state index in [1.54, 1.807) is 0 Å². The Balaban J connectivity index is 2.11. The van der Waals surface area contributed by atoms with E-state index in [1.165, 1.54) is 0 Å². The fourth-order valence-corrected chi connectivity index (χ4v) is 2.65. The molecule has 2 aromatic rings. The summed E-state index contributed by atoms with van der Waals surface area (Å²) in [6.45, 7) is 8.13. The monoisotopic (exact) mass is 342 g/mol. The van der Waals surface area contributed by atoms with Gasteiger partial charge in [0.2, 0.25) is 11.8 Å². The molecular weight excluding hydrogens is 316 g/mol. The summed E-state index contributed by atoms with van der Waals surface area (Å²) in [5.41, 5.74) is 3.52. The molecule has 0 unspecified atom stereocenters. The van der Waals surface area contributed by atoms with Crippen molar-refractivity contribution in [3.63, 3.8) is 0 Å². The topological polar surface area (TPSA) is 86.9 Å². The van der Waals surface area contributed by atoms with Crippen LogP contribution < -0.4 is 10.6 Å². The first-order valence-corrected chi connectivity index (χ1v) is 8.51. The summed E-state index contributed by atoms with van der Waals surface area (Å²) < 4.78 is 0. The summed E-state index contributed by atoms with van der Waals surface area (Å²) in [5, 5.41) is 12.8. The molecule has 2 amide bonds. The Morgan fingerprint density at radius 2 is 1.84 bits per heavy atom. The molecule has 0 spiro atoms. The van der Waals surface area contributed by atoms with E-state index >= 15 is 0 Å². The molecule has 1 aromatic carbocycles. The number of hydrogen-bond donors (Lipinski definition) is 3. The zero-order chi connectivity index (χ0) is 18.4. The standard InChI is InChI=1S/C19H26N4O2/c1-12(2)10-17(24)21-18(15-8-6-5-7-9-15)19(25)20-11-16-13(3)22-23-14(16)4/h5-9,12,18H,10-11H2,1-4H3,(H,20,25)(H,21,24)(H,22,23)/t18-/m0/s1. The van der Waals surface area contributed by atoms with Crippen molar-refractivity contribution in [2.45, 2.75) is 46.7 Å². The molecule has 134 valence electrons. The molecule has 2 rings (SSSR count). The Bertz CT molecular complexity index is 703. The molecule has 0 aliphatic rings. The lowest BCUT2D eigenvalue weighted by Crippen LogP contribution is -2.40. The largest absolute Gasteiger partial charge is 0.350 e. The van der Waals surface area contributed by atoms with Gasteiger partial charge in [-0.05, 0) is 25.3 Å². The quantitative estimate of drug-likeness (QED) is 0.723. The normalized spacial score (nSPS) is 12.0. The average molecular weight is 342 g/mol. The molecule has 0 fully saturated rings. The van der Waals surface area contributed by atoms with E-state index in [2.05, 4.69) is 20.8 Å². The molecule has 6 nitrogen and oxygen atoms in total. The number of aromatic nitrogens is 2. The summed E-state index contributed by atoms with van der Waals surface area (Å²) in [5.74, 6) is -0.131. The van der Waals surface area contributed by atoms with Crippen molar-refractivity contribution >= 4 is 11.8 Å². The maximum atomic E-state index is 12.7. The number of nitrogens with one attached hydrogen (secondary N) is 3. The van der Waals surface area contributed by atoms with E-state index in [-0.39, 0.29) is 17.7 Å². The van der Waals surface area contributed by atoms with Gasteiger partial charge in [0.05, 0.1) is 5.69 Å². The third-order valence-corrected chi connectivity index (χ3v) is 4.01. The molecule has 1 heterocycles. The highest BCUT2D eigenvalue weighted by molar-refractivity contribution is 5.88. The second-order valence-corrected chi connectivity index (χ2v) is 6.64. The first-order valence-electron chi connectivity index (χ1n) is 8.51. The van der Waals surface area contributed by atoms with Crippen LogP contribution in [0.5, 0.6) is 0 Å². The first kappa shape index (κ1) is 18.7. The molecule has 6 heteroatoms. The van der Waals surface area contributed by atoms with Gasteiger partial charge in [0.1, 0.15) is 6.04 Å². The smallest absolute Gasteiger partial charge is 0.247 e. The van der Waals surface area contributed by atoms with Crippen LogP contribution in [0, 0.1) is 19.8 Å². The lowest BCUT2D eigenvalue weighted by molar-refractivity contribution is -0.129. The minimum atomic E-state index is -0.708. The molecule has 0 aliphatic heterocycles. The molecule has 0 saturated carbocycles. The second kappa shape index (κ2) is 8.46. The van der Waals surface area contributed by atoms with Gasteiger partial charge in [-0.15, -0.1) is 0 Å². The number of rotatable bonds is 7. The van der Waals surface area contributed by atoms with E-state index in [9.17, 15) is 9.59 Å². The van der Waals surface area contributed by atoms with Crippen molar-refractivity contribution in [1.29, 1.82) is 0 Å². The lowest BCUT2D eigenvalue weighted by atomic mass is 10.0. The van der Waals surface area contributed by atoms with E-state index in [0.29, 0.717) is 13.0 Å². The van der Waals surface area contributed by atoms with Gasteiger partial charge < -0.3 is 10.6 Å². The maximum Gasteiger partial charge on any atom is 0.247 e. The van der Waals surface area contributed by atoms with Crippen LogP contribution >= 0.6 is 0 Å². The molecule has 3 N–H and O–H groups in total. The van der Waals surface area contributed by atoms with Crippen LogP contribution in [0.1, 0.15) is 48.8 Å². The third-order valence-electron chi connectivity index (χ3n) is 4.01. The van der Waals surface area contributed by atoms with Gasteiger partial charge in [-0.3, -0.25) is 14.7 Å². The number of amides is 2. The van der Waals surface area contributed by atoms with E-state index in [1.807, 2.05) is 58.0 Å². The minimum absolute atomic E-state index is 0.130. The van der Waals surface area contributed by atoms with Crippen molar-refractivity contribution in [2.75, 3.05) is 0 Å². The molecular formula is C19H26N4O2. The van der Waals surface area contributed by atoms with Crippen molar-refractivity contribution in [3.8, 4) is 0 Å². The summed E-state index contributed by atoms with van der Waals surface area (Å²) >= 11 is 0. The summed E-state index contributed by atoms with van der Waals surface area (Å²) in [6, 6.07) is 8.57. The number of benzene rings is 1. The van der Waals surface area contributed by atoms with Gasteiger partial charge in [-0.2, -0.15) is 5.10 Å². The zero-order valence-electron chi connectivity index (χ0n) is 15.2. The molecule has 0 bridgehead atoms. The van der Waals surface area contributed by atoms with Crippen molar-refractivity contribution in [3.05, 3.63) is 52.8 Å². The Morgan fingerprint density at radius 1 is 1.16 bits per heavy atom. The SMILES string of the molecule is Cc1n[nH]c(C)c1CNC(=O)[C@@H](NC(=O)CC(C)C)c1ccccc1. The molecule has 0 saturated heterocycles. The molecule has 0 radical (unpaired) electrons. The number of hydrogen-bond acceptors (Lipinski definition) is 3. The highest BCUT2D eigenvalue weighted by atomic mass is 16.2. The molecule has 1 aromatic heterocycles. The summed E-state index contributed by atoms with van der Waals surface area (Å²) in [4.78, 5) is 24.9. The van der Waals surface area contributed by atoms with Gasteiger partial charge in [-0.25, -0.2) is 0 Å². The second-order valence-electron chi connectivity index (χ2n) is 6.64. The number of aryl methyl sites for hydroxylation is 2. The van der Waals surface area contributed by atoms with Crippen molar-refractivity contribution in [1.82, 2.24) is 20.8 Å². The van der Waals surface area contributed by atoms with Crippen LogP contribution in [-0.2, 0) is 16.1 Å². The van der Waals surface area contributed by atoms with Crippen LogP contribution in [0.25, 0.3) is 0 Å². The van der Waals surface area contributed by atoms with Crippen LogP contribution in [0.3, 0.4) is 0 Å². The maximum absolute atomic E-state index is 12.7. The average Bonchev–Trinajstić information content (AvgIpc) is 2.89. The highest BCUT2D eigenvalue weighted by Crippen LogP contribution is 2.15. The molecule has 0 aliphatic carbocycles. The van der Waals surface area contributed by atoms with Gasteiger partial charge >= 0.3 is 0 Å². The summed E-state index contributed by atoms with van der Waals surface area (Å²) in [6.07, 6.45) is 0.385. The number of carbonyl (C=O) groups is 2. The van der Waals surface area contributed by atoms with Gasteiger partial charge in [0.25, 0.3) is 0 Å². The van der Waals surface area contributed by atoms with Crippen LogP contribution in [0.15, 0.2) is 30.3 Å². The van der Waals surface area contributed by atoms with Gasteiger partial charge in [-0.1, -0.05) is 44.2 Å². The third kappa shape index (κ3) is 5.17. The predicted molar refractivity (Wildman–Crippen MR) is 96.7 cm³/mol. The molecule has 25 heavy (non-hydrogen) atoms. The number of carbonyl (C=O) groups excluding carboxylic acids is 2. The van der Waals surface area contributed by atoms with Crippen LogP contribution in [0.2, 0.25) is 0 Å². The van der Waals surface area contributed by atoms with Crippen molar-refractivity contribution < 1.29 is 9.59 Å². The molecule has 1 atom stereocenters. The lowest BCUT2D eigenvalue weighted by Gasteiger charge is -2.19. The summed E-state index contributed by atoms with van der Waals surface area (Å²) in [7, 11) is 0. The first-order chi connectivity index (χ1) is 11.9. The minimum Gasteiger partial charge on any atom is -0.350 e. The Hall–Kier alpha value is -2.63. The zero-order valence-corrected chi connectivity index (χ0v) is 15.2. The van der Waals surface area contributed by atoms with E-state index < -0.39 is 6.04 Å². The van der Waals surface area contributed by atoms with E-state index in [0.717, 1.165) is 22.5 Å². The Labute approximate surface area is 148 Å². The number of aromatic amines is 1. The number of nitrogens with zero attached hydrogens (tertiary/aromatic N) is 1. The predicted octanol–water partition coefficient (Wildman–Crippen LogP) is 2.55. The fourth-order valence-electron chi connectivity index (χ4n) is 2.65. The fraction of sp³-hybridized carbons (Fsp3) is 0.421. The Kier molecular flexibility index (Phi) is 6.33. The number of H-pyrrole nitrogens is 1. The van der Waals surface area contributed by atoms with Crippen LogP contribution in [-0.4, -0.2) is 22.0 Å². The van der Waals surface area contributed by atoms with Gasteiger partial charge in [0, 0.05) is 24.2 Å². The van der Waals surface area contributed by atoms with Crippen molar-refractivity contribution in [2.24, 2.45) is 5.92 Å². The Morgan fingerprint density at radius 3 is 2.40 bits per heavy atom.